The molecule has 0 saturated carbocycles. The zero-order chi connectivity index (χ0) is 17.0. The number of halogens is 3. The SMILES string of the molecule is FC(F)(F)Oc1ccc(Sc2ccccc2C2=CCNCC2)cc1. The van der Waals surface area contributed by atoms with E-state index in [1.807, 2.05) is 18.2 Å². The lowest BCUT2D eigenvalue weighted by Crippen LogP contribution is -2.20. The van der Waals surface area contributed by atoms with Gasteiger partial charge in [-0.25, -0.2) is 0 Å². The molecule has 0 unspecified atom stereocenters. The fraction of sp³-hybridized carbons (Fsp3) is 0.222. The van der Waals surface area contributed by atoms with Gasteiger partial charge in [-0.2, -0.15) is 0 Å². The predicted octanol–water partition coefficient (Wildman–Crippen LogP) is 5.11. The van der Waals surface area contributed by atoms with Gasteiger partial charge in [-0.3, -0.25) is 0 Å². The Morgan fingerprint density at radius 1 is 1.00 bits per heavy atom. The highest BCUT2D eigenvalue weighted by atomic mass is 32.2. The number of rotatable bonds is 4. The molecule has 0 bridgehead atoms. The second kappa shape index (κ2) is 7.32. The van der Waals surface area contributed by atoms with Gasteiger partial charge in [0.25, 0.3) is 0 Å². The molecule has 1 N–H and O–H groups in total. The zero-order valence-electron chi connectivity index (χ0n) is 12.8. The van der Waals surface area contributed by atoms with Crippen LogP contribution in [0.25, 0.3) is 5.57 Å². The Bertz CT molecular complexity index is 726. The highest BCUT2D eigenvalue weighted by Crippen LogP contribution is 2.36. The summed E-state index contributed by atoms with van der Waals surface area (Å²) in [6.45, 7) is 1.81. The van der Waals surface area contributed by atoms with Crippen molar-refractivity contribution >= 4 is 17.3 Å². The van der Waals surface area contributed by atoms with Gasteiger partial charge in [0.2, 0.25) is 0 Å². The first-order valence-corrected chi connectivity index (χ1v) is 8.36. The summed E-state index contributed by atoms with van der Waals surface area (Å²) in [5.41, 5.74) is 2.48. The van der Waals surface area contributed by atoms with Crippen LogP contribution in [0.2, 0.25) is 0 Å². The second-order valence-electron chi connectivity index (χ2n) is 5.30. The third-order valence-electron chi connectivity index (χ3n) is 3.58. The van der Waals surface area contributed by atoms with Gasteiger partial charge in [0.05, 0.1) is 0 Å². The Balaban J connectivity index is 1.78. The summed E-state index contributed by atoms with van der Waals surface area (Å²) in [7, 11) is 0. The Hall–Kier alpha value is -1.92. The van der Waals surface area contributed by atoms with E-state index in [0.717, 1.165) is 29.3 Å². The lowest BCUT2D eigenvalue weighted by Gasteiger charge is -2.17. The van der Waals surface area contributed by atoms with Crippen LogP contribution in [0.15, 0.2) is 64.4 Å². The van der Waals surface area contributed by atoms with Crippen molar-refractivity contribution in [3.8, 4) is 5.75 Å². The third-order valence-corrected chi connectivity index (χ3v) is 4.67. The molecule has 1 aliphatic rings. The standard InChI is InChI=1S/C18H16F3NOS/c19-18(20,21)23-14-5-7-15(8-6-14)24-17-4-2-1-3-16(17)13-9-11-22-12-10-13/h1-9,22H,10-12H2. The number of alkyl halides is 3. The van der Waals surface area contributed by atoms with E-state index in [2.05, 4.69) is 22.2 Å². The van der Waals surface area contributed by atoms with Crippen molar-refractivity contribution in [2.24, 2.45) is 0 Å². The van der Waals surface area contributed by atoms with Crippen molar-refractivity contribution in [1.29, 1.82) is 0 Å². The summed E-state index contributed by atoms with van der Waals surface area (Å²) < 4.78 is 40.5. The fourth-order valence-corrected chi connectivity index (χ4v) is 3.51. The normalized spacial score (nSPS) is 15.0. The Morgan fingerprint density at radius 3 is 2.42 bits per heavy atom. The van der Waals surface area contributed by atoms with Crippen LogP contribution in [-0.2, 0) is 0 Å². The van der Waals surface area contributed by atoms with E-state index in [1.165, 1.54) is 35.0 Å². The summed E-state index contributed by atoms with van der Waals surface area (Å²) >= 11 is 1.54. The Kier molecular flexibility index (Phi) is 5.16. The number of benzene rings is 2. The van der Waals surface area contributed by atoms with Crippen LogP contribution in [0, 0.1) is 0 Å². The maximum absolute atomic E-state index is 12.2. The second-order valence-corrected chi connectivity index (χ2v) is 6.42. The molecule has 1 heterocycles. The average Bonchev–Trinajstić information content (AvgIpc) is 2.57. The molecule has 0 saturated heterocycles. The van der Waals surface area contributed by atoms with Gasteiger partial charge >= 0.3 is 6.36 Å². The molecule has 126 valence electrons. The van der Waals surface area contributed by atoms with E-state index in [-0.39, 0.29) is 5.75 Å². The molecular weight excluding hydrogens is 335 g/mol. The molecule has 2 aromatic rings. The molecule has 0 aromatic heterocycles. The quantitative estimate of drug-likeness (QED) is 0.827. The van der Waals surface area contributed by atoms with Crippen molar-refractivity contribution in [2.45, 2.75) is 22.6 Å². The first-order valence-electron chi connectivity index (χ1n) is 7.54. The largest absolute Gasteiger partial charge is 0.573 e. The summed E-state index contributed by atoms with van der Waals surface area (Å²) in [6, 6.07) is 14.0. The van der Waals surface area contributed by atoms with Gasteiger partial charge in [-0.05, 0) is 54.4 Å². The van der Waals surface area contributed by atoms with Crippen molar-refractivity contribution in [3.63, 3.8) is 0 Å². The predicted molar refractivity (Wildman–Crippen MR) is 89.2 cm³/mol. The lowest BCUT2D eigenvalue weighted by atomic mass is 10.0. The first-order chi connectivity index (χ1) is 11.5. The summed E-state index contributed by atoms with van der Waals surface area (Å²) in [6.07, 6.45) is -1.51. The number of hydrogen-bond acceptors (Lipinski definition) is 3. The van der Waals surface area contributed by atoms with Crippen LogP contribution < -0.4 is 10.1 Å². The van der Waals surface area contributed by atoms with Gasteiger partial charge in [0, 0.05) is 16.3 Å². The molecule has 1 aliphatic heterocycles. The monoisotopic (exact) mass is 351 g/mol. The fourth-order valence-electron chi connectivity index (χ4n) is 2.52. The van der Waals surface area contributed by atoms with E-state index in [1.54, 1.807) is 12.1 Å². The van der Waals surface area contributed by atoms with Crippen LogP contribution in [0.5, 0.6) is 5.75 Å². The molecule has 24 heavy (non-hydrogen) atoms. The van der Waals surface area contributed by atoms with Gasteiger partial charge in [0.15, 0.2) is 0 Å². The van der Waals surface area contributed by atoms with E-state index >= 15 is 0 Å². The number of nitrogens with one attached hydrogen (secondary N) is 1. The van der Waals surface area contributed by atoms with Crippen LogP contribution in [0.1, 0.15) is 12.0 Å². The minimum atomic E-state index is -4.66. The number of hydrogen-bond donors (Lipinski definition) is 1. The third kappa shape index (κ3) is 4.55. The van der Waals surface area contributed by atoms with Crippen LogP contribution in [-0.4, -0.2) is 19.5 Å². The average molecular weight is 351 g/mol. The summed E-state index contributed by atoms with van der Waals surface area (Å²) in [5.74, 6) is -0.207. The number of ether oxygens (including phenoxy) is 1. The van der Waals surface area contributed by atoms with Crippen molar-refractivity contribution < 1.29 is 17.9 Å². The molecule has 0 aliphatic carbocycles. The van der Waals surface area contributed by atoms with E-state index in [4.69, 9.17) is 0 Å². The van der Waals surface area contributed by atoms with Crippen LogP contribution >= 0.6 is 11.8 Å². The van der Waals surface area contributed by atoms with Crippen LogP contribution in [0.4, 0.5) is 13.2 Å². The van der Waals surface area contributed by atoms with Crippen molar-refractivity contribution in [3.05, 3.63) is 60.2 Å². The zero-order valence-corrected chi connectivity index (χ0v) is 13.6. The topological polar surface area (TPSA) is 21.3 Å². The molecule has 3 rings (SSSR count). The molecule has 0 radical (unpaired) electrons. The molecular formula is C18H16F3NOS. The van der Waals surface area contributed by atoms with Gasteiger partial charge in [-0.1, -0.05) is 36.0 Å². The Labute approximate surface area is 142 Å². The van der Waals surface area contributed by atoms with E-state index in [9.17, 15) is 13.2 Å². The van der Waals surface area contributed by atoms with Crippen molar-refractivity contribution in [2.75, 3.05) is 13.1 Å². The molecule has 0 amide bonds. The Morgan fingerprint density at radius 2 is 1.75 bits per heavy atom. The van der Waals surface area contributed by atoms with Gasteiger partial charge in [-0.15, -0.1) is 13.2 Å². The highest BCUT2D eigenvalue weighted by molar-refractivity contribution is 7.99. The summed E-state index contributed by atoms with van der Waals surface area (Å²) in [4.78, 5) is 1.96. The smallest absolute Gasteiger partial charge is 0.406 e. The molecule has 2 nitrogen and oxygen atoms in total. The van der Waals surface area contributed by atoms with Crippen molar-refractivity contribution in [1.82, 2.24) is 5.32 Å². The molecule has 6 heteroatoms. The molecule has 0 fully saturated rings. The molecule has 0 spiro atoms. The molecule has 0 atom stereocenters. The molecule has 2 aromatic carbocycles. The maximum Gasteiger partial charge on any atom is 0.573 e. The van der Waals surface area contributed by atoms with E-state index in [0.29, 0.717) is 0 Å². The van der Waals surface area contributed by atoms with Crippen LogP contribution in [0.3, 0.4) is 0 Å². The van der Waals surface area contributed by atoms with Gasteiger partial charge in [0.1, 0.15) is 5.75 Å². The minimum absolute atomic E-state index is 0.207. The van der Waals surface area contributed by atoms with E-state index < -0.39 is 6.36 Å². The highest BCUT2D eigenvalue weighted by Gasteiger charge is 2.30. The summed E-state index contributed by atoms with van der Waals surface area (Å²) in [5, 5.41) is 3.29. The maximum atomic E-state index is 12.2. The minimum Gasteiger partial charge on any atom is -0.406 e. The lowest BCUT2D eigenvalue weighted by molar-refractivity contribution is -0.274. The van der Waals surface area contributed by atoms with Gasteiger partial charge < -0.3 is 10.1 Å². The first kappa shape index (κ1) is 16.9.